The molecule has 8 heteroatoms. The first-order valence-corrected chi connectivity index (χ1v) is 21.6. The van der Waals surface area contributed by atoms with Crippen molar-refractivity contribution in [1.29, 1.82) is 0 Å². The Morgan fingerprint density at radius 1 is 0.902 bits per heavy atom. The third-order valence-electron chi connectivity index (χ3n) is 16.7. The molecule has 3 unspecified atom stereocenters. The maximum Gasteiger partial charge on any atom is 0.335 e. The molecule has 9 atom stereocenters. The largest absolute Gasteiger partial charge is 0.478 e. The molecular weight excluding hydrogens is 657 g/mol. The predicted octanol–water partition coefficient (Wildman–Crippen LogP) is 7.88. The molecule has 1 saturated heterocycles. The fourth-order valence-corrected chi connectivity index (χ4v) is 15.2. The number of benzene rings is 1. The van der Waals surface area contributed by atoms with Crippen LogP contribution in [0.5, 0.6) is 0 Å². The van der Waals surface area contributed by atoms with Gasteiger partial charge in [-0.2, -0.15) is 0 Å². The molecule has 1 aromatic carbocycles. The lowest BCUT2D eigenvalue weighted by Crippen LogP contribution is -2.66. The number of hydrogen-bond acceptors (Lipinski definition) is 5. The molecule has 6 aliphatic rings. The highest BCUT2D eigenvalue weighted by Crippen LogP contribution is 2.77. The second-order valence-corrected chi connectivity index (χ2v) is 21.3. The number of amides is 1. The molecule has 4 saturated carbocycles. The van der Waals surface area contributed by atoms with Crippen molar-refractivity contribution in [2.75, 3.05) is 37.7 Å². The number of aromatic carboxylic acids is 1. The summed E-state index contributed by atoms with van der Waals surface area (Å²) in [5.41, 5.74) is 4.16. The van der Waals surface area contributed by atoms with Crippen molar-refractivity contribution < 1.29 is 23.1 Å². The average molecular weight is 719 g/mol. The average Bonchev–Trinajstić information content (AvgIpc) is 3.47. The summed E-state index contributed by atoms with van der Waals surface area (Å²) in [5.74, 6) is 2.05. The van der Waals surface area contributed by atoms with E-state index in [0.717, 1.165) is 37.7 Å². The molecule has 2 N–H and O–H groups in total. The van der Waals surface area contributed by atoms with Crippen molar-refractivity contribution in [2.24, 2.45) is 56.7 Å². The highest BCUT2D eigenvalue weighted by molar-refractivity contribution is 7.91. The van der Waals surface area contributed by atoms with Crippen LogP contribution in [0.2, 0.25) is 0 Å². The van der Waals surface area contributed by atoms with Gasteiger partial charge in [-0.3, -0.25) is 9.69 Å². The molecule has 1 heterocycles. The zero-order valence-corrected chi connectivity index (χ0v) is 32.8. The Hall–Kier alpha value is -2.45. The molecular formula is C43H62N2O5S. The summed E-state index contributed by atoms with van der Waals surface area (Å²) < 4.78 is 23.9. The molecule has 7 nitrogen and oxygen atoms in total. The normalized spacial score (nSPS) is 41.2. The van der Waals surface area contributed by atoms with Gasteiger partial charge >= 0.3 is 5.97 Å². The van der Waals surface area contributed by atoms with Gasteiger partial charge in [-0.05, 0) is 139 Å². The van der Waals surface area contributed by atoms with E-state index in [2.05, 4.69) is 64.4 Å². The fraction of sp³-hybridized carbons (Fsp3) is 0.721. The molecule has 5 fully saturated rings. The van der Waals surface area contributed by atoms with Crippen molar-refractivity contribution in [3.05, 3.63) is 53.6 Å². The first-order chi connectivity index (χ1) is 23.9. The number of carbonyl (C=O) groups is 2. The third-order valence-corrected chi connectivity index (χ3v) is 18.3. The lowest BCUT2D eigenvalue weighted by Gasteiger charge is -2.72. The van der Waals surface area contributed by atoms with Crippen LogP contribution in [0, 0.1) is 56.7 Å². The number of nitrogens with zero attached hydrogens (tertiary/aromatic N) is 1. The summed E-state index contributed by atoms with van der Waals surface area (Å²) in [6.07, 6.45) is 12.3. The maximum atomic E-state index is 14.5. The first kappa shape index (κ1) is 36.9. The van der Waals surface area contributed by atoms with E-state index in [1.165, 1.54) is 36.8 Å². The summed E-state index contributed by atoms with van der Waals surface area (Å²) >= 11 is 0. The van der Waals surface area contributed by atoms with Gasteiger partial charge in [0.2, 0.25) is 5.91 Å². The molecule has 5 aliphatic carbocycles. The van der Waals surface area contributed by atoms with Crippen molar-refractivity contribution in [3.8, 4) is 0 Å². The van der Waals surface area contributed by atoms with Gasteiger partial charge in [0, 0.05) is 26.2 Å². The van der Waals surface area contributed by atoms with E-state index in [-0.39, 0.29) is 44.5 Å². The van der Waals surface area contributed by atoms with Gasteiger partial charge in [0.25, 0.3) is 0 Å². The number of rotatable bonds is 7. The number of hydrogen-bond donors (Lipinski definition) is 2. The molecule has 51 heavy (non-hydrogen) atoms. The number of carboxylic acids is 1. The van der Waals surface area contributed by atoms with E-state index in [0.29, 0.717) is 61.3 Å². The number of nitrogens with one attached hydrogen (secondary N) is 1. The highest BCUT2D eigenvalue weighted by Gasteiger charge is 2.71. The predicted molar refractivity (Wildman–Crippen MR) is 204 cm³/mol. The molecule has 0 spiro atoms. The molecule has 0 bridgehead atoms. The number of carboxylic acid groups (broad SMARTS) is 1. The van der Waals surface area contributed by atoms with Gasteiger partial charge in [0.1, 0.15) is 0 Å². The SMILES string of the molecule is C=C(C)[C@@H]1CC[C@]2(C(=O)NCCN3CCS(=O)(=O)CC3)CC[C@]3(C)[C@H](CCC4[C@@]5(C)CC=C(c6ccc(C(=O)O)cc6)C(C)(C)C5CC[C@]43C)C12. The number of allylic oxidation sites excluding steroid dienone is 3. The molecule has 0 aromatic heterocycles. The lowest BCUT2D eigenvalue weighted by atomic mass is 9.32. The minimum Gasteiger partial charge on any atom is -0.478 e. The van der Waals surface area contributed by atoms with Gasteiger partial charge in [0.05, 0.1) is 22.5 Å². The summed E-state index contributed by atoms with van der Waals surface area (Å²) in [6, 6.07) is 7.50. The Balaban J connectivity index is 1.14. The summed E-state index contributed by atoms with van der Waals surface area (Å²) in [4.78, 5) is 28.2. The van der Waals surface area contributed by atoms with Crippen LogP contribution in [-0.2, 0) is 14.6 Å². The van der Waals surface area contributed by atoms with Crippen molar-refractivity contribution in [1.82, 2.24) is 10.2 Å². The van der Waals surface area contributed by atoms with E-state index in [4.69, 9.17) is 0 Å². The topological polar surface area (TPSA) is 104 Å². The quantitative estimate of drug-likeness (QED) is 0.278. The summed E-state index contributed by atoms with van der Waals surface area (Å²) in [5, 5.41) is 12.9. The van der Waals surface area contributed by atoms with E-state index < -0.39 is 15.8 Å². The van der Waals surface area contributed by atoms with Gasteiger partial charge in [-0.25, -0.2) is 13.2 Å². The van der Waals surface area contributed by atoms with Crippen LogP contribution in [0.4, 0.5) is 0 Å². The monoisotopic (exact) mass is 718 g/mol. The molecule has 7 rings (SSSR count). The maximum absolute atomic E-state index is 14.5. The van der Waals surface area contributed by atoms with Crippen molar-refractivity contribution >= 4 is 27.3 Å². The third kappa shape index (κ3) is 5.62. The molecule has 0 radical (unpaired) electrons. The van der Waals surface area contributed by atoms with Crippen LogP contribution in [0.1, 0.15) is 115 Å². The van der Waals surface area contributed by atoms with Crippen LogP contribution in [0.3, 0.4) is 0 Å². The second-order valence-electron chi connectivity index (χ2n) is 19.0. The number of sulfone groups is 1. The Morgan fingerprint density at radius 3 is 2.24 bits per heavy atom. The van der Waals surface area contributed by atoms with E-state index in [9.17, 15) is 23.1 Å². The van der Waals surface area contributed by atoms with Gasteiger partial charge < -0.3 is 10.4 Å². The smallest absolute Gasteiger partial charge is 0.335 e. The van der Waals surface area contributed by atoms with Gasteiger partial charge in [0.15, 0.2) is 9.84 Å². The van der Waals surface area contributed by atoms with Crippen LogP contribution < -0.4 is 5.32 Å². The van der Waals surface area contributed by atoms with Crippen LogP contribution >= 0.6 is 0 Å². The number of fused-ring (bicyclic) bond motifs is 7. The van der Waals surface area contributed by atoms with Gasteiger partial charge in [-0.1, -0.05) is 65.0 Å². The zero-order chi connectivity index (χ0) is 36.8. The van der Waals surface area contributed by atoms with E-state index in [1.54, 1.807) is 12.1 Å². The first-order valence-electron chi connectivity index (χ1n) is 19.8. The molecule has 1 aliphatic heterocycles. The lowest BCUT2D eigenvalue weighted by molar-refractivity contribution is -0.225. The van der Waals surface area contributed by atoms with Crippen molar-refractivity contribution in [3.63, 3.8) is 0 Å². The Bertz CT molecular complexity index is 1720. The van der Waals surface area contributed by atoms with Crippen LogP contribution in [0.15, 0.2) is 42.5 Å². The zero-order valence-electron chi connectivity index (χ0n) is 32.0. The molecule has 1 aromatic rings. The van der Waals surface area contributed by atoms with E-state index in [1.807, 2.05) is 12.1 Å². The molecule has 1 amide bonds. The summed E-state index contributed by atoms with van der Waals surface area (Å²) in [7, 11) is -2.92. The second kappa shape index (κ2) is 12.6. The Kier molecular flexibility index (Phi) is 9.09. The highest BCUT2D eigenvalue weighted by atomic mass is 32.2. The van der Waals surface area contributed by atoms with Crippen LogP contribution in [-0.4, -0.2) is 68.0 Å². The van der Waals surface area contributed by atoms with Crippen molar-refractivity contribution in [2.45, 2.75) is 99.3 Å². The Morgan fingerprint density at radius 2 is 1.59 bits per heavy atom. The summed E-state index contributed by atoms with van der Waals surface area (Å²) in [6.45, 7) is 21.8. The van der Waals surface area contributed by atoms with E-state index >= 15 is 0 Å². The minimum absolute atomic E-state index is 0.0322. The standard InChI is InChI=1S/C43H62N2O5S/c1-28(2)31-14-19-43(38(48)44-22-23-45-24-26-51(49,50)27-25-45)21-20-41(6)33(36(31)43)12-13-35-40(5)17-15-32(29-8-10-30(11-9-29)37(46)47)39(3,4)34(40)16-18-42(35,41)7/h8-11,15,31,33-36H,1,12-14,16-27H2,2-7H3,(H,44,48)(H,46,47)/t31-,33+,34?,35?,36?,40-,41+,42+,43-/m0/s1. The fourth-order valence-electron chi connectivity index (χ4n) is 13.9. The Labute approximate surface area is 307 Å². The minimum atomic E-state index is -2.92. The van der Waals surface area contributed by atoms with Gasteiger partial charge in [-0.15, -0.1) is 0 Å². The molecule has 280 valence electrons. The number of carbonyl (C=O) groups excluding carboxylic acids is 1. The van der Waals surface area contributed by atoms with Crippen LogP contribution in [0.25, 0.3) is 5.57 Å².